The standard InChI is InChI=1S/C24H24N4O2/c1-14-9-15(2)11-18(10-14)25-24(29)20-13-21(17-7-6-8-19(12-17)30-5)26-23-22(20)16(3)27-28(23)4/h6-13H,1-5H3,(H,25,29). The number of aryl methyl sites for hydroxylation is 4. The second-order valence-electron chi connectivity index (χ2n) is 7.53. The molecule has 30 heavy (non-hydrogen) atoms. The van der Waals surface area contributed by atoms with Crippen molar-refractivity contribution in [2.75, 3.05) is 12.4 Å². The Morgan fingerprint density at radius 1 is 1.03 bits per heavy atom. The van der Waals surface area contributed by atoms with Gasteiger partial charge in [-0.25, -0.2) is 4.98 Å². The van der Waals surface area contributed by atoms with E-state index < -0.39 is 0 Å². The minimum Gasteiger partial charge on any atom is -0.497 e. The Labute approximate surface area is 175 Å². The van der Waals surface area contributed by atoms with Gasteiger partial charge in [0.05, 0.1) is 29.4 Å². The van der Waals surface area contributed by atoms with Crippen molar-refractivity contribution in [2.45, 2.75) is 20.8 Å². The molecule has 2 aromatic carbocycles. The summed E-state index contributed by atoms with van der Waals surface area (Å²) in [4.78, 5) is 18.1. The molecule has 0 spiro atoms. The highest BCUT2D eigenvalue weighted by atomic mass is 16.5. The fourth-order valence-electron chi connectivity index (χ4n) is 3.80. The molecule has 6 nitrogen and oxygen atoms in total. The lowest BCUT2D eigenvalue weighted by molar-refractivity contribution is 0.102. The summed E-state index contributed by atoms with van der Waals surface area (Å²) >= 11 is 0. The van der Waals surface area contributed by atoms with Crippen molar-refractivity contribution in [3.63, 3.8) is 0 Å². The average molecular weight is 400 g/mol. The van der Waals surface area contributed by atoms with Gasteiger partial charge in [0.15, 0.2) is 5.65 Å². The number of nitrogens with zero attached hydrogens (tertiary/aromatic N) is 3. The number of pyridine rings is 1. The number of rotatable bonds is 4. The van der Waals surface area contributed by atoms with Gasteiger partial charge in [0.25, 0.3) is 5.91 Å². The van der Waals surface area contributed by atoms with Crippen LogP contribution < -0.4 is 10.1 Å². The Bertz CT molecular complexity index is 1250. The molecule has 1 N–H and O–H groups in total. The molecule has 6 heteroatoms. The molecule has 0 saturated heterocycles. The van der Waals surface area contributed by atoms with E-state index >= 15 is 0 Å². The molecule has 0 fully saturated rings. The third-order valence-corrected chi connectivity index (χ3v) is 5.06. The Kier molecular flexibility index (Phi) is 4.99. The van der Waals surface area contributed by atoms with Crippen molar-refractivity contribution < 1.29 is 9.53 Å². The maximum atomic E-state index is 13.3. The number of aromatic nitrogens is 3. The first-order valence-electron chi connectivity index (χ1n) is 9.74. The SMILES string of the molecule is COc1cccc(-c2cc(C(=O)Nc3cc(C)cc(C)c3)c3c(C)nn(C)c3n2)c1. The van der Waals surface area contributed by atoms with Crippen molar-refractivity contribution >= 4 is 22.6 Å². The summed E-state index contributed by atoms with van der Waals surface area (Å²) in [6.45, 7) is 5.92. The maximum absolute atomic E-state index is 13.3. The quantitative estimate of drug-likeness (QED) is 0.533. The molecular formula is C24H24N4O2. The number of carbonyl (C=O) groups is 1. The van der Waals surface area contributed by atoms with Crippen LogP contribution in [-0.2, 0) is 7.05 Å². The van der Waals surface area contributed by atoms with Crippen LogP contribution in [0.3, 0.4) is 0 Å². The minimum atomic E-state index is -0.187. The first kappa shape index (κ1) is 19.6. The van der Waals surface area contributed by atoms with Crippen molar-refractivity contribution in [1.29, 1.82) is 0 Å². The first-order valence-corrected chi connectivity index (χ1v) is 9.74. The highest BCUT2D eigenvalue weighted by molar-refractivity contribution is 6.13. The van der Waals surface area contributed by atoms with Crippen LogP contribution in [-0.4, -0.2) is 27.8 Å². The molecule has 0 bridgehead atoms. The van der Waals surface area contributed by atoms with E-state index in [9.17, 15) is 4.79 Å². The van der Waals surface area contributed by atoms with Gasteiger partial charge in [0.2, 0.25) is 0 Å². The molecule has 2 aromatic heterocycles. The van der Waals surface area contributed by atoms with Gasteiger partial charge in [-0.15, -0.1) is 0 Å². The molecule has 152 valence electrons. The van der Waals surface area contributed by atoms with Crippen molar-refractivity contribution in [3.8, 4) is 17.0 Å². The zero-order chi connectivity index (χ0) is 21.4. The monoisotopic (exact) mass is 400 g/mol. The van der Waals surface area contributed by atoms with Gasteiger partial charge in [-0.1, -0.05) is 18.2 Å². The van der Waals surface area contributed by atoms with Gasteiger partial charge in [-0.2, -0.15) is 5.10 Å². The topological polar surface area (TPSA) is 69.0 Å². The Morgan fingerprint density at radius 3 is 2.47 bits per heavy atom. The number of hydrogen-bond acceptors (Lipinski definition) is 4. The first-order chi connectivity index (χ1) is 14.4. The van der Waals surface area contributed by atoms with Crippen molar-refractivity contribution in [1.82, 2.24) is 14.8 Å². The molecule has 1 amide bonds. The smallest absolute Gasteiger partial charge is 0.256 e. The number of methoxy groups -OCH3 is 1. The van der Waals surface area contributed by atoms with Gasteiger partial charge < -0.3 is 10.1 Å². The molecule has 0 aliphatic carbocycles. The zero-order valence-electron chi connectivity index (χ0n) is 17.8. The van der Waals surface area contributed by atoms with Gasteiger partial charge in [-0.3, -0.25) is 9.48 Å². The number of carbonyl (C=O) groups excluding carboxylic acids is 1. The van der Waals surface area contributed by atoms with Crippen LogP contribution in [0.15, 0.2) is 48.5 Å². The van der Waals surface area contributed by atoms with Crippen molar-refractivity contribution in [2.24, 2.45) is 7.05 Å². The largest absolute Gasteiger partial charge is 0.497 e. The van der Waals surface area contributed by atoms with Crippen LogP contribution in [0.4, 0.5) is 5.69 Å². The van der Waals surface area contributed by atoms with E-state index in [1.807, 2.05) is 70.3 Å². The van der Waals surface area contributed by atoms with Gasteiger partial charge >= 0.3 is 0 Å². The molecule has 0 unspecified atom stereocenters. The lowest BCUT2D eigenvalue weighted by Crippen LogP contribution is -2.13. The lowest BCUT2D eigenvalue weighted by atomic mass is 10.0. The number of fused-ring (bicyclic) bond motifs is 1. The molecule has 4 aromatic rings. The van der Waals surface area contributed by atoms with E-state index in [1.165, 1.54) is 0 Å². The fraction of sp³-hybridized carbons (Fsp3) is 0.208. The van der Waals surface area contributed by atoms with E-state index in [4.69, 9.17) is 9.72 Å². The Morgan fingerprint density at radius 2 is 1.77 bits per heavy atom. The Hall–Kier alpha value is -3.67. The molecular weight excluding hydrogens is 376 g/mol. The van der Waals surface area contributed by atoms with E-state index in [2.05, 4.69) is 16.5 Å². The normalized spacial score (nSPS) is 11.0. The van der Waals surface area contributed by atoms with Crippen LogP contribution >= 0.6 is 0 Å². The maximum Gasteiger partial charge on any atom is 0.256 e. The number of anilines is 1. The number of amides is 1. The van der Waals surface area contributed by atoms with Gasteiger partial charge in [-0.05, 0) is 62.2 Å². The summed E-state index contributed by atoms with van der Waals surface area (Å²) < 4.78 is 7.06. The van der Waals surface area contributed by atoms with Crippen LogP contribution in [0.1, 0.15) is 27.2 Å². The minimum absolute atomic E-state index is 0.187. The molecule has 0 radical (unpaired) electrons. The van der Waals surface area contributed by atoms with Crippen LogP contribution in [0.5, 0.6) is 5.75 Å². The summed E-state index contributed by atoms with van der Waals surface area (Å²) in [5.74, 6) is 0.546. The number of nitrogens with one attached hydrogen (secondary N) is 1. The molecule has 2 heterocycles. The predicted octanol–water partition coefficient (Wildman–Crippen LogP) is 4.82. The van der Waals surface area contributed by atoms with Crippen molar-refractivity contribution in [3.05, 3.63) is 70.9 Å². The summed E-state index contributed by atoms with van der Waals surface area (Å²) in [6.07, 6.45) is 0. The van der Waals surface area contributed by atoms with E-state index in [0.29, 0.717) is 16.9 Å². The molecule has 0 aliphatic heterocycles. The van der Waals surface area contributed by atoms with Gasteiger partial charge in [0, 0.05) is 18.3 Å². The molecule has 0 atom stereocenters. The second-order valence-corrected chi connectivity index (χ2v) is 7.53. The summed E-state index contributed by atoms with van der Waals surface area (Å²) in [5.41, 5.74) is 6.50. The highest BCUT2D eigenvalue weighted by Gasteiger charge is 2.20. The lowest BCUT2D eigenvalue weighted by Gasteiger charge is -2.11. The molecule has 4 rings (SSSR count). The highest BCUT2D eigenvalue weighted by Crippen LogP contribution is 2.29. The van der Waals surface area contributed by atoms with E-state index in [0.717, 1.165) is 39.2 Å². The summed E-state index contributed by atoms with van der Waals surface area (Å²) in [6, 6.07) is 15.5. The molecule has 0 saturated carbocycles. The van der Waals surface area contributed by atoms with Crippen LogP contribution in [0.25, 0.3) is 22.3 Å². The third kappa shape index (κ3) is 3.64. The van der Waals surface area contributed by atoms with Crippen LogP contribution in [0.2, 0.25) is 0 Å². The number of ether oxygens (including phenoxy) is 1. The van der Waals surface area contributed by atoms with E-state index in [1.54, 1.807) is 11.8 Å². The predicted molar refractivity (Wildman–Crippen MR) is 119 cm³/mol. The fourth-order valence-corrected chi connectivity index (χ4v) is 3.80. The Balaban J connectivity index is 1.85. The second kappa shape index (κ2) is 7.63. The number of hydrogen-bond donors (Lipinski definition) is 1. The van der Waals surface area contributed by atoms with Gasteiger partial charge in [0.1, 0.15) is 5.75 Å². The van der Waals surface area contributed by atoms with Crippen LogP contribution in [0, 0.1) is 20.8 Å². The number of benzene rings is 2. The third-order valence-electron chi connectivity index (χ3n) is 5.06. The summed E-state index contributed by atoms with van der Waals surface area (Å²) in [7, 11) is 3.46. The average Bonchev–Trinajstić information content (AvgIpc) is 3.00. The molecule has 0 aliphatic rings. The zero-order valence-corrected chi connectivity index (χ0v) is 17.8. The summed E-state index contributed by atoms with van der Waals surface area (Å²) in [5, 5.41) is 8.28. The van der Waals surface area contributed by atoms with E-state index in [-0.39, 0.29) is 5.91 Å².